The summed E-state index contributed by atoms with van der Waals surface area (Å²) in [6.45, 7) is 0. The first-order valence-corrected chi connectivity index (χ1v) is 5.31. The Bertz CT molecular complexity index is 428. The summed E-state index contributed by atoms with van der Waals surface area (Å²) >= 11 is 5.47. The molecule has 0 aliphatic heterocycles. The summed E-state index contributed by atoms with van der Waals surface area (Å²) in [6.07, 6.45) is 5.17. The molecule has 0 unspecified atom stereocenters. The van der Waals surface area contributed by atoms with Gasteiger partial charge in [-0.15, -0.1) is 0 Å². The highest BCUT2D eigenvalue weighted by Gasteiger charge is 2.00. The Hall–Kier alpha value is -0.500. The lowest BCUT2D eigenvalue weighted by Gasteiger charge is -1.98. The maximum Gasteiger partial charge on any atom is 0.157 e. The number of hydrogen-bond acceptors (Lipinski definition) is 3. The van der Waals surface area contributed by atoms with Crippen LogP contribution in [0.1, 0.15) is 0 Å². The van der Waals surface area contributed by atoms with E-state index < -0.39 is 0 Å². The van der Waals surface area contributed by atoms with Crippen LogP contribution >= 0.6 is 38.5 Å². The normalized spacial score (nSPS) is 10.3. The van der Waals surface area contributed by atoms with E-state index in [4.69, 9.17) is 0 Å². The van der Waals surface area contributed by atoms with Gasteiger partial charge in [0.05, 0.1) is 9.77 Å². The molecule has 0 aliphatic carbocycles. The molecule has 2 heterocycles. The monoisotopic (exact) mass is 350 g/mol. The van der Waals surface area contributed by atoms with Crippen molar-refractivity contribution in [3.8, 4) is 5.82 Å². The molecular formula is C7H4BrIN4. The van der Waals surface area contributed by atoms with Crippen LogP contribution in [0.3, 0.4) is 0 Å². The first-order valence-electron chi connectivity index (χ1n) is 3.44. The fraction of sp³-hybridized carbons (Fsp3) is 0. The van der Waals surface area contributed by atoms with E-state index in [-0.39, 0.29) is 0 Å². The first-order chi connectivity index (χ1) is 6.25. The predicted octanol–water partition coefficient (Wildman–Crippen LogP) is 2.03. The van der Waals surface area contributed by atoms with Crippen LogP contribution in [-0.4, -0.2) is 19.7 Å². The van der Waals surface area contributed by atoms with Gasteiger partial charge in [-0.3, -0.25) is 0 Å². The molecule has 6 heteroatoms. The molecule has 2 aromatic rings. The molecule has 0 atom stereocenters. The predicted molar refractivity (Wildman–Crippen MR) is 59.6 cm³/mol. The molecule has 2 aromatic heterocycles. The van der Waals surface area contributed by atoms with Crippen LogP contribution < -0.4 is 0 Å². The van der Waals surface area contributed by atoms with Crippen molar-refractivity contribution in [2.75, 3.05) is 0 Å². The van der Waals surface area contributed by atoms with E-state index in [1.807, 2.05) is 12.3 Å². The fourth-order valence-electron chi connectivity index (χ4n) is 0.876. The molecule has 0 saturated carbocycles. The molecule has 13 heavy (non-hydrogen) atoms. The van der Waals surface area contributed by atoms with E-state index in [0.717, 1.165) is 14.0 Å². The molecule has 0 amide bonds. The van der Waals surface area contributed by atoms with Gasteiger partial charge >= 0.3 is 0 Å². The van der Waals surface area contributed by atoms with E-state index in [9.17, 15) is 0 Å². The molecule has 0 radical (unpaired) electrons. The lowest BCUT2D eigenvalue weighted by molar-refractivity contribution is 0.836. The van der Waals surface area contributed by atoms with Crippen molar-refractivity contribution < 1.29 is 0 Å². The second-order valence-electron chi connectivity index (χ2n) is 2.30. The topological polar surface area (TPSA) is 43.6 Å². The molecule has 4 nitrogen and oxygen atoms in total. The molecular weight excluding hydrogens is 347 g/mol. The van der Waals surface area contributed by atoms with Crippen LogP contribution in [-0.2, 0) is 0 Å². The zero-order valence-electron chi connectivity index (χ0n) is 6.35. The number of rotatable bonds is 1. The van der Waals surface area contributed by atoms with Gasteiger partial charge in [0, 0.05) is 12.3 Å². The summed E-state index contributed by atoms with van der Waals surface area (Å²) in [5, 5.41) is 4.13. The second kappa shape index (κ2) is 3.70. The third-order valence-corrected chi connectivity index (χ3v) is 2.40. The van der Waals surface area contributed by atoms with Gasteiger partial charge in [0.2, 0.25) is 0 Å². The maximum atomic E-state index is 4.13. The molecule has 0 bridgehead atoms. The number of halogens is 2. The largest absolute Gasteiger partial charge is 0.229 e. The molecule has 0 saturated heterocycles. The fourth-order valence-corrected chi connectivity index (χ4v) is 1.56. The molecule has 0 fully saturated rings. The quantitative estimate of drug-likeness (QED) is 0.584. The van der Waals surface area contributed by atoms with Gasteiger partial charge in [0.25, 0.3) is 0 Å². The Kier molecular flexibility index (Phi) is 2.58. The Labute approximate surface area is 96.7 Å². The van der Waals surface area contributed by atoms with Crippen molar-refractivity contribution in [1.82, 2.24) is 19.7 Å². The summed E-state index contributed by atoms with van der Waals surface area (Å²) in [5.74, 6) is 0.754. The van der Waals surface area contributed by atoms with Crippen LogP contribution in [0.15, 0.2) is 29.4 Å². The van der Waals surface area contributed by atoms with Crippen LogP contribution in [0.5, 0.6) is 0 Å². The van der Waals surface area contributed by atoms with Crippen molar-refractivity contribution in [3.05, 3.63) is 33.0 Å². The average molecular weight is 351 g/mol. The second-order valence-corrected chi connectivity index (χ2v) is 4.36. The minimum atomic E-state index is 0.753. The standard InChI is InChI=1S/C7H4BrIN4/c8-6-1-7(11-4-10-6)13-3-5(9)2-12-13/h1-4H. The zero-order valence-corrected chi connectivity index (χ0v) is 10.1. The van der Waals surface area contributed by atoms with Gasteiger partial charge in [-0.25, -0.2) is 14.6 Å². The van der Waals surface area contributed by atoms with E-state index in [2.05, 4.69) is 53.6 Å². The van der Waals surface area contributed by atoms with E-state index in [0.29, 0.717) is 0 Å². The Morgan fingerprint density at radius 2 is 2.23 bits per heavy atom. The van der Waals surface area contributed by atoms with Gasteiger partial charge in [-0.2, -0.15) is 5.10 Å². The minimum absolute atomic E-state index is 0.753. The molecule has 66 valence electrons. The Morgan fingerprint density at radius 1 is 1.38 bits per heavy atom. The van der Waals surface area contributed by atoms with Gasteiger partial charge < -0.3 is 0 Å². The van der Waals surface area contributed by atoms with Gasteiger partial charge in [0.1, 0.15) is 10.9 Å². The third kappa shape index (κ3) is 2.05. The minimum Gasteiger partial charge on any atom is -0.229 e. The van der Waals surface area contributed by atoms with Crippen LogP contribution in [0.25, 0.3) is 5.82 Å². The van der Waals surface area contributed by atoms with Gasteiger partial charge in [-0.1, -0.05) is 0 Å². The summed E-state index contributed by atoms with van der Waals surface area (Å²) in [5.41, 5.74) is 0. The van der Waals surface area contributed by atoms with Crippen molar-refractivity contribution in [3.63, 3.8) is 0 Å². The number of aromatic nitrogens is 4. The van der Waals surface area contributed by atoms with Crippen LogP contribution in [0, 0.1) is 3.57 Å². The highest BCUT2D eigenvalue weighted by atomic mass is 127. The van der Waals surface area contributed by atoms with Crippen molar-refractivity contribution in [2.24, 2.45) is 0 Å². The van der Waals surface area contributed by atoms with Gasteiger partial charge in [-0.05, 0) is 38.5 Å². The van der Waals surface area contributed by atoms with Gasteiger partial charge in [0.15, 0.2) is 5.82 Å². The molecule has 0 aromatic carbocycles. The summed E-state index contributed by atoms with van der Waals surface area (Å²) < 4.78 is 3.53. The zero-order chi connectivity index (χ0) is 9.26. The van der Waals surface area contributed by atoms with E-state index in [1.165, 1.54) is 6.33 Å². The SMILES string of the molecule is Brc1cc(-n2cc(I)cn2)ncn1. The van der Waals surface area contributed by atoms with E-state index in [1.54, 1.807) is 10.9 Å². The summed E-state index contributed by atoms with van der Waals surface area (Å²) in [6, 6.07) is 1.81. The Morgan fingerprint density at radius 3 is 2.85 bits per heavy atom. The molecule has 0 N–H and O–H groups in total. The van der Waals surface area contributed by atoms with Crippen molar-refractivity contribution in [2.45, 2.75) is 0 Å². The number of hydrogen-bond donors (Lipinski definition) is 0. The molecule has 0 aliphatic rings. The summed E-state index contributed by atoms with van der Waals surface area (Å²) in [7, 11) is 0. The van der Waals surface area contributed by atoms with Crippen LogP contribution in [0.2, 0.25) is 0 Å². The van der Waals surface area contributed by atoms with Crippen molar-refractivity contribution in [1.29, 1.82) is 0 Å². The Balaban J connectivity index is 2.46. The highest BCUT2D eigenvalue weighted by molar-refractivity contribution is 14.1. The van der Waals surface area contributed by atoms with Crippen molar-refractivity contribution >= 4 is 38.5 Å². The summed E-state index contributed by atoms with van der Waals surface area (Å²) in [4.78, 5) is 8.01. The average Bonchev–Trinajstić information content (AvgIpc) is 2.52. The molecule has 0 spiro atoms. The maximum absolute atomic E-state index is 4.13. The van der Waals surface area contributed by atoms with E-state index >= 15 is 0 Å². The van der Waals surface area contributed by atoms with Crippen LogP contribution in [0.4, 0.5) is 0 Å². The lowest BCUT2D eigenvalue weighted by Crippen LogP contribution is -1.97. The number of nitrogens with zero attached hydrogens (tertiary/aromatic N) is 4. The smallest absolute Gasteiger partial charge is 0.157 e. The first kappa shape index (κ1) is 9.07. The molecule has 2 rings (SSSR count). The third-order valence-electron chi connectivity index (χ3n) is 1.41. The highest BCUT2D eigenvalue weighted by Crippen LogP contribution is 2.10. The lowest BCUT2D eigenvalue weighted by atomic mass is 10.6.